The van der Waals surface area contributed by atoms with Crippen LogP contribution in [0.4, 0.5) is 0 Å². The van der Waals surface area contributed by atoms with Gasteiger partial charge in [-0.1, -0.05) is 22.9 Å². The number of nitriles is 1. The zero-order valence-electron chi connectivity index (χ0n) is 24.9. The summed E-state index contributed by atoms with van der Waals surface area (Å²) >= 11 is 0. The summed E-state index contributed by atoms with van der Waals surface area (Å²) in [5.74, 6) is -1.02. The van der Waals surface area contributed by atoms with Crippen LogP contribution in [0.15, 0.2) is 65.8 Å². The van der Waals surface area contributed by atoms with Crippen molar-refractivity contribution >= 4 is 39.2 Å². The Balaban J connectivity index is 0.000000369. The van der Waals surface area contributed by atoms with E-state index in [2.05, 4.69) is 21.4 Å². The number of esters is 1. The first-order valence-corrected chi connectivity index (χ1v) is 15.7. The van der Waals surface area contributed by atoms with Crippen LogP contribution < -0.4 is 5.73 Å². The van der Waals surface area contributed by atoms with E-state index < -0.39 is 28.0 Å². The summed E-state index contributed by atoms with van der Waals surface area (Å²) in [6.07, 6.45) is 5.52. The predicted molar refractivity (Wildman–Crippen MR) is 164 cm³/mol. The number of aromatic nitrogens is 4. The highest BCUT2D eigenvalue weighted by Crippen LogP contribution is 2.25. The number of nitrogens with two attached hydrogens (primary N) is 1. The van der Waals surface area contributed by atoms with E-state index in [1.807, 2.05) is 6.92 Å². The number of carbonyl (C=O) groups is 3. The molecule has 1 aliphatic rings. The first-order chi connectivity index (χ1) is 22.1. The van der Waals surface area contributed by atoms with Crippen molar-refractivity contribution in [2.24, 2.45) is 5.73 Å². The Bertz CT molecular complexity index is 1860. The molecule has 0 spiro atoms. The van der Waals surface area contributed by atoms with E-state index in [1.165, 1.54) is 34.2 Å². The molecule has 4 aromatic rings. The molecule has 3 N–H and O–H groups in total. The highest BCUT2D eigenvalue weighted by Gasteiger charge is 2.33. The van der Waals surface area contributed by atoms with Gasteiger partial charge >= 0.3 is 5.97 Å². The van der Waals surface area contributed by atoms with E-state index in [-0.39, 0.29) is 23.7 Å². The molecule has 1 atom stereocenters. The monoisotopic (exact) mass is 648 g/mol. The molecule has 0 radical (unpaired) electrons. The highest BCUT2D eigenvalue weighted by atomic mass is 32.2. The first kappa shape index (κ1) is 33.8. The minimum atomic E-state index is -4.02. The summed E-state index contributed by atoms with van der Waals surface area (Å²) in [5, 5.41) is 20.8. The number of nitrogens with zero attached hydrogens (tertiary/aromatic N) is 7. The second kappa shape index (κ2) is 15.3. The van der Waals surface area contributed by atoms with E-state index in [4.69, 9.17) is 15.0 Å². The fraction of sp³-hybridized carbons (Fsp3) is 0.300. The number of fused-ring (bicyclic) bond motifs is 1. The van der Waals surface area contributed by atoms with Crippen LogP contribution in [0, 0.1) is 18.3 Å². The zero-order chi connectivity index (χ0) is 33.3. The molecule has 1 unspecified atom stereocenters. The van der Waals surface area contributed by atoms with Crippen molar-refractivity contribution in [2.75, 3.05) is 26.2 Å². The third-order valence-electron chi connectivity index (χ3n) is 6.99. The van der Waals surface area contributed by atoms with Gasteiger partial charge in [0.15, 0.2) is 5.69 Å². The lowest BCUT2D eigenvalue weighted by Gasteiger charge is -2.32. The first-order valence-electron chi connectivity index (χ1n) is 14.2. The third kappa shape index (κ3) is 8.14. The number of ether oxygens (including phenoxy) is 1. The largest absolute Gasteiger partial charge is 0.461 e. The maximum absolute atomic E-state index is 13.5. The quantitative estimate of drug-likeness (QED) is 0.109. The number of benzene rings is 2. The molecule has 1 fully saturated rings. The van der Waals surface area contributed by atoms with Crippen molar-refractivity contribution in [3.05, 3.63) is 77.7 Å². The number of aldehydes is 1. The standard InChI is InChI=1S/C23H24N8O4.C7H8O3S/c24-7-2-12-35-23(34)21-15-29(28-27-21)16-4-5-20-19(13-16)18(6-8-26-20)22(33)31(10-11-32)30-9-1-3-17(30)14-25;1-6-2-4-7(5-3-6)11(8,9)10/h4-6,8,11,13,15,17H,1-3,7,9-10,12,24H2;2-5H,1H3,(H,8,9,10). The Morgan fingerprint density at radius 3 is 2.65 bits per heavy atom. The molecular formula is C30H32N8O7S. The van der Waals surface area contributed by atoms with Crippen molar-refractivity contribution in [2.45, 2.75) is 37.1 Å². The fourth-order valence-electron chi connectivity index (χ4n) is 4.66. The molecular weight excluding hydrogens is 616 g/mol. The highest BCUT2D eigenvalue weighted by molar-refractivity contribution is 7.85. The molecule has 16 heteroatoms. The second-order valence-electron chi connectivity index (χ2n) is 10.2. The number of amides is 1. The minimum Gasteiger partial charge on any atom is -0.461 e. The molecule has 0 saturated carbocycles. The van der Waals surface area contributed by atoms with Gasteiger partial charge in [0.05, 0.1) is 47.1 Å². The summed E-state index contributed by atoms with van der Waals surface area (Å²) in [4.78, 5) is 41.3. The molecule has 240 valence electrons. The normalized spacial score (nSPS) is 14.6. The summed E-state index contributed by atoms with van der Waals surface area (Å²) in [6, 6.07) is 14.4. The van der Waals surface area contributed by atoms with Crippen LogP contribution in [-0.2, 0) is 19.6 Å². The topological polar surface area (TPSA) is 215 Å². The molecule has 0 aliphatic carbocycles. The molecule has 15 nitrogen and oxygen atoms in total. The molecule has 1 saturated heterocycles. The van der Waals surface area contributed by atoms with Gasteiger partial charge in [0, 0.05) is 18.1 Å². The van der Waals surface area contributed by atoms with Gasteiger partial charge in [-0.3, -0.25) is 19.3 Å². The number of rotatable bonds is 10. The number of hydrogen-bond acceptors (Lipinski definition) is 12. The van der Waals surface area contributed by atoms with Gasteiger partial charge in [-0.05, 0) is 69.1 Å². The lowest BCUT2D eigenvalue weighted by molar-refractivity contribution is -0.112. The molecule has 46 heavy (non-hydrogen) atoms. The summed E-state index contributed by atoms with van der Waals surface area (Å²) in [6.45, 7) is 2.78. The number of pyridine rings is 1. The molecule has 2 aromatic carbocycles. The predicted octanol–water partition coefficient (Wildman–Crippen LogP) is 2.11. The Kier molecular flexibility index (Phi) is 11.2. The van der Waals surface area contributed by atoms with Gasteiger partial charge in [0.2, 0.25) is 0 Å². The van der Waals surface area contributed by atoms with E-state index in [0.717, 1.165) is 12.0 Å². The van der Waals surface area contributed by atoms with Crippen molar-refractivity contribution in [1.82, 2.24) is 30.0 Å². The van der Waals surface area contributed by atoms with E-state index >= 15 is 0 Å². The van der Waals surface area contributed by atoms with Gasteiger partial charge < -0.3 is 15.3 Å². The van der Waals surface area contributed by atoms with Crippen molar-refractivity contribution < 1.29 is 32.1 Å². The van der Waals surface area contributed by atoms with Crippen molar-refractivity contribution in [3.8, 4) is 11.8 Å². The van der Waals surface area contributed by atoms with Crippen molar-refractivity contribution in [1.29, 1.82) is 5.26 Å². The van der Waals surface area contributed by atoms with Crippen LogP contribution in [0.5, 0.6) is 0 Å². The SMILES string of the molecule is Cc1ccc(S(=O)(=O)O)cc1.N#CC1CCCN1N(CC=O)C(=O)c1ccnc2ccc(-n3cc(C(=O)OCCCN)nn3)cc12. The van der Waals surface area contributed by atoms with Gasteiger partial charge in [0.1, 0.15) is 12.3 Å². The van der Waals surface area contributed by atoms with Gasteiger partial charge in [-0.15, -0.1) is 5.10 Å². The molecule has 3 heterocycles. The fourth-order valence-corrected chi connectivity index (χ4v) is 5.14. The lowest BCUT2D eigenvalue weighted by Crippen LogP contribution is -2.49. The summed E-state index contributed by atoms with van der Waals surface area (Å²) < 4.78 is 36.1. The van der Waals surface area contributed by atoms with Crippen LogP contribution in [0.3, 0.4) is 0 Å². The summed E-state index contributed by atoms with van der Waals surface area (Å²) in [5.41, 5.74) is 7.83. The number of aryl methyl sites for hydroxylation is 1. The molecule has 5 rings (SSSR count). The number of hydrogen-bond donors (Lipinski definition) is 2. The number of carbonyl (C=O) groups excluding carboxylic acids is 3. The van der Waals surface area contributed by atoms with Crippen molar-refractivity contribution in [3.63, 3.8) is 0 Å². The Morgan fingerprint density at radius 2 is 1.98 bits per heavy atom. The molecule has 1 aliphatic heterocycles. The van der Waals surface area contributed by atoms with Gasteiger partial charge in [-0.2, -0.15) is 13.7 Å². The lowest BCUT2D eigenvalue weighted by atomic mass is 10.1. The van der Waals surface area contributed by atoms with E-state index in [9.17, 15) is 28.1 Å². The van der Waals surface area contributed by atoms with E-state index in [0.29, 0.717) is 54.4 Å². The van der Waals surface area contributed by atoms with Gasteiger partial charge in [-0.25, -0.2) is 14.5 Å². The zero-order valence-corrected chi connectivity index (χ0v) is 25.7. The molecule has 0 bridgehead atoms. The van der Waals surface area contributed by atoms with E-state index in [1.54, 1.807) is 41.4 Å². The second-order valence-corrected chi connectivity index (χ2v) is 11.6. The van der Waals surface area contributed by atoms with Crippen LogP contribution in [0.2, 0.25) is 0 Å². The van der Waals surface area contributed by atoms with Crippen LogP contribution in [0.25, 0.3) is 16.6 Å². The average Bonchev–Trinajstić information content (AvgIpc) is 3.73. The van der Waals surface area contributed by atoms with Crippen LogP contribution in [0.1, 0.15) is 45.7 Å². The van der Waals surface area contributed by atoms with Crippen LogP contribution in [-0.4, -0.2) is 93.4 Å². The van der Waals surface area contributed by atoms with Crippen LogP contribution >= 0.6 is 0 Å². The Labute approximate surface area is 264 Å². The van der Waals surface area contributed by atoms with Gasteiger partial charge in [0.25, 0.3) is 16.0 Å². The average molecular weight is 649 g/mol. The molecule has 2 aromatic heterocycles. The maximum atomic E-state index is 13.5. The maximum Gasteiger partial charge on any atom is 0.360 e. The summed E-state index contributed by atoms with van der Waals surface area (Å²) in [7, 11) is -4.02. The molecule has 1 amide bonds. The third-order valence-corrected chi connectivity index (χ3v) is 7.86. The smallest absolute Gasteiger partial charge is 0.360 e. The Morgan fingerprint density at radius 1 is 1.22 bits per heavy atom. The minimum absolute atomic E-state index is 0.0401. The Hall–Kier alpha value is -5.08. The number of hydrazine groups is 1.